The van der Waals surface area contributed by atoms with Crippen LogP contribution in [0.2, 0.25) is 0 Å². The van der Waals surface area contributed by atoms with Gasteiger partial charge in [0.2, 0.25) is 0 Å². The molecule has 0 spiro atoms. The zero-order valence-corrected chi connectivity index (χ0v) is 16.4. The molecule has 0 amide bonds. The van der Waals surface area contributed by atoms with Crippen LogP contribution in [0.25, 0.3) is 0 Å². The van der Waals surface area contributed by atoms with Gasteiger partial charge < -0.3 is 9.47 Å². The van der Waals surface area contributed by atoms with Gasteiger partial charge in [-0.3, -0.25) is 19.2 Å². The molecule has 0 saturated carbocycles. The summed E-state index contributed by atoms with van der Waals surface area (Å²) < 4.78 is 10.4. The van der Waals surface area contributed by atoms with Crippen LogP contribution in [0.1, 0.15) is 45.7 Å². The Morgan fingerprint density at radius 3 is 1.60 bits per heavy atom. The van der Waals surface area contributed by atoms with Crippen molar-refractivity contribution in [1.82, 2.24) is 0 Å². The minimum Gasteiger partial charge on any atom is -0.423 e. The molecule has 0 N–H and O–H groups in total. The molecule has 150 valence electrons. The van der Waals surface area contributed by atoms with Gasteiger partial charge in [0.15, 0.2) is 23.1 Å². The Kier molecular flexibility index (Phi) is 6.17. The van der Waals surface area contributed by atoms with Crippen LogP contribution in [0.5, 0.6) is 11.5 Å². The summed E-state index contributed by atoms with van der Waals surface area (Å²) in [7, 11) is 0. The topological polar surface area (TPSA) is 86.7 Å². The molecule has 0 aliphatic carbocycles. The lowest BCUT2D eigenvalue weighted by molar-refractivity contribution is -0.134. The third-order valence-corrected chi connectivity index (χ3v) is 4.16. The van der Waals surface area contributed by atoms with Crippen molar-refractivity contribution in [3.63, 3.8) is 0 Å². The minimum absolute atomic E-state index is 0.0298. The van der Waals surface area contributed by atoms with Crippen molar-refractivity contribution in [2.75, 3.05) is 0 Å². The second kappa shape index (κ2) is 8.96. The summed E-state index contributed by atoms with van der Waals surface area (Å²) in [6.07, 6.45) is 0. The first-order valence-corrected chi connectivity index (χ1v) is 9.12. The molecular formula is C24H18O6. The van der Waals surface area contributed by atoms with Gasteiger partial charge >= 0.3 is 11.9 Å². The number of carbonyl (C=O) groups excluding carboxylic acids is 4. The van der Waals surface area contributed by atoms with E-state index in [-0.39, 0.29) is 28.2 Å². The average Bonchev–Trinajstić information content (AvgIpc) is 2.74. The lowest BCUT2D eigenvalue weighted by Crippen LogP contribution is -2.17. The Bertz CT molecular complexity index is 1120. The maximum absolute atomic E-state index is 13.4. The van der Waals surface area contributed by atoms with E-state index >= 15 is 0 Å². The van der Waals surface area contributed by atoms with E-state index in [4.69, 9.17) is 9.47 Å². The number of hydrogen-bond donors (Lipinski definition) is 0. The summed E-state index contributed by atoms with van der Waals surface area (Å²) in [5.74, 6) is -2.76. The van der Waals surface area contributed by atoms with Crippen molar-refractivity contribution in [1.29, 1.82) is 0 Å². The Labute approximate surface area is 173 Å². The van der Waals surface area contributed by atoms with E-state index in [9.17, 15) is 19.2 Å². The Morgan fingerprint density at radius 1 is 0.600 bits per heavy atom. The largest absolute Gasteiger partial charge is 0.423 e. The van der Waals surface area contributed by atoms with Crippen LogP contribution >= 0.6 is 0 Å². The SMILES string of the molecule is CC(=O)Oc1ccc(C(=O)c2ccccc2)c(C(=O)c2ccccc2)c1OC(C)=O. The van der Waals surface area contributed by atoms with E-state index in [1.165, 1.54) is 19.1 Å². The Hall–Kier alpha value is -4.06. The fraction of sp³-hybridized carbons (Fsp3) is 0.0833. The molecule has 6 nitrogen and oxygen atoms in total. The third-order valence-electron chi connectivity index (χ3n) is 4.16. The number of esters is 2. The molecule has 0 fully saturated rings. The van der Waals surface area contributed by atoms with Gasteiger partial charge in [0.25, 0.3) is 0 Å². The first-order valence-electron chi connectivity index (χ1n) is 9.12. The highest BCUT2D eigenvalue weighted by Gasteiger charge is 2.28. The van der Waals surface area contributed by atoms with Crippen LogP contribution in [-0.4, -0.2) is 23.5 Å². The van der Waals surface area contributed by atoms with Crippen molar-refractivity contribution in [2.45, 2.75) is 13.8 Å². The Balaban J connectivity index is 2.28. The lowest BCUT2D eigenvalue weighted by atomic mass is 9.92. The molecule has 0 saturated heterocycles. The molecule has 3 aromatic rings. The lowest BCUT2D eigenvalue weighted by Gasteiger charge is -2.16. The molecule has 0 aliphatic heterocycles. The third kappa shape index (κ3) is 4.50. The van der Waals surface area contributed by atoms with Crippen molar-refractivity contribution >= 4 is 23.5 Å². The fourth-order valence-electron chi connectivity index (χ4n) is 2.94. The van der Waals surface area contributed by atoms with Crippen LogP contribution in [-0.2, 0) is 9.59 Å². The normalized spacial score (nSPS) is 10.2. The number of ketones is 2. The molecular weight excluding hydrogens is 384 g/mol. The Morgan fingerprint density at radius 2 is 1.10 bits per heavy atom. The maximum atomic E-state index is 13.4. The molecule has 0 aromatic heterocycles. The van der Waals surface area contributed by atoms with Gasteiger partial charge in [-0.1, -0.05) is 60.7 Å². The van der Waals surface area contributed by atoms with E-state index in [0.717, 1.165) is 6.92 Å². The number of ether oxygens (including phenoxy) is 2. The molecule has 3 aromatic carbocycles. The molecule has 0 heterocycles. The van der Waals surface area contributed by atoms with Gasteiger partial charge in [0.05, 0.1) is 5.56 Å². The van der Waals surface area contributed by atoms with Crippen molar-refractivity contribution < 1.29 is 28.7 Å². The summed E-state index contributed by atoms with van der Waals surface area (Å²) in [6, 6.07) is 19.4. The summed E-state index contributed by atoms with van der Waals surface area (Å²) in [5, 5.41) is 0. The summed E-state index contributed by atoms with van der Waals surface area (Å²) >= 11 is 0. The number of benzene rings is 3. The molecule has 3 rings (SSSR count). The monoisotopic (exact) mass is 402 g/mol. The van der Waals surface area contributed by atoms with Crippen LogP contribution in [0.4, 0.5) is 0 Å². The van der Waals surface area contributed by atoms with Gasteiger partial charge in [-0.15, -0.1) is 0 Å². The predicted octanol–water partition coefficient (Wildman–Crippen LogP) is 4.00. The quantitative estimate of drug-likeness (QED) is 0.352. The molecule has 0 radical (unpaired) electrons. The standard InChI is InChI=1S/C24H18O6/c1-15(25)29-20-14-13-19(22(27)17-9-5-3-6-10-17)21(24(20)30-16(2)26)23(28)18-11-7-4-8-12-18/h3-14H,1-2H3. The van der Waals surface area contributed by atoms with Crippen molar-refractivity contribution in [2.24, 2.45) is 0 Å². The zero-order chi connectivity index (χ0) is 21.7. The second-order valence-corrected chi connectivity index (χ2v) is 6.39. The highest BCUT2D eigenvalue weighted by Crippen LogP contribution is 2.37. The van der Waals surface area contributed by atoms with E-state index < -0.39 is 23.5 Å². The van der Waals surface area contributed by atoms with Crippen molar-refractivity contribution in [3.05, 3.63) is 95.1 Å². The molecule has 0 unspecified atom stereocenters. The van der Waals surface area contributed by atoms with Crippen molar-refractivity contribution in [3.8, 4) is 11.5 Å². The smallest absolute Gasteiger partial charge is 0.308 e. The minimum atomic E-state index is -0.727. The molecule has 0 bridgehead atoms. The summed E-state index contributed by atoms with van der Waals surface area (Å²) in [5.41, 5.74) is 0.521. The highest BCUT2D eigenvalue weighted by molar-refractivity contribution is 6.21. The van der Waals surface area contributed by atoms with E-state index in [1.807, 2.05) is 0 Å². The molecule has 30 heavy (non-hydrogen) atoms. The van der Waals surface area contributed by atoms with Crippen LogP contribution in [0.3, 0.4) is 0 Å². The molecule has 0 atom stereocenters. The van der Waals surface area contributed by atoms with Gasteiger partial charge in [-0.05, 0) is 12.1 Å². The van der Waals surface area contributed by atoms with Gasteiger partial charge in [-0.2, -0.15) is 0 Å². The highest BCUT2D eigenvalue weighted by atomic mass is 16.6. The predicted molar refractivity (Wildman–Crippen MR) is 109 cm³/mol. The van der Waals surface area contributed by atoms with Crippen LogP contribution in [0, 0.1) is 0 Å². The zero-order valence-electron chi connectivity index (χ0n) is 16.4. The van der Waals surface area contributed by atoms with E-state index in [2.05, 4.69) is 0 Å². The second-order valence-electron chi connectivity index (χ2n) is 6.39. The van der Waals surface area contributed by atoms with E-state index in [0.29, 0.717) is 5.56 Å². The van der Waals surface area contributed by atoms with Crippen LogP contribution in [0.15, 0.2) is 72.8 Å². The number of hydrogen-bond acceptors (Lipinski definition) is 6. The molecule has 0 aliphatic rings. The van der Waals surface area contributed by atoms with Gasteiger partial charge in [0.1, 0.15) is 0 Å². The average molecular weight is 402 g/mol. The maximum Gasteiger partial charge on any atom is 0.308 e. The summed E-state index contributed by atoms with van der Waals surface area (Å²) in [6.45, 7) is 2.33. The number of carbonyl (C=O) groups is 4. The molecule has 6 heteroatoms. The van der Waals surface area contributed by atoms with Gasteiger partial charge in [0, 0.05) is 30.5 Å². The first-order chi connectivity index (χ1) is 14.4. The first kappa shape index (κ1) is 20.7. The number of rotatable bonds is 6. The van der Waals surface area contributed by atoms with E-state index in [1.54, 1.807) is 60.7 Å². The van der Waals surface area contributed by atoms with Crippen LogP contribution < -0.4 is 9.47 Å². The fourth-order valence-corrected chi connectivity index (χ4v) is 2.94. The van der Waals surface area contributed by atoms with Gasteiger partial charge in [-0.25, -0.2) is 0 Å². The summed E-state index contributed by atoms with van der Waals surface area (Å²) in [4.78, 5) is 49.8.